The van der Waals surface area contributed by atoms with Gasteiger partial charge in [0.15, 0.2) is 0 Å². The van der Waals surface area contributed by atoms with E-state index in [0.29, 0.717) is 13.1 Å². The molecule has 0 bridgehead atoms. The zero-order valence-corrected chi connectivity index (χ0v) is 10.5. The minimum atomic E-state index is -0.679. The highest BCUT2D eigenvalue weighted by Gasteiger charge is 2.32. The minimum Gasteiger partial charge on any atom is -0.389 e. The van der Waals surface area contributed by atoms with Crippen LogP contribution < -0.4 is 4.90 Å². The van der Waals surface area contributed by atoms with Crippen molar-refractivity contribution in [3.8, 4) is 0 Å². The van der Waals surface area contributed by atoms with Gasteiger partial charge in [0.05, 0.1) is 12.2 Å². The highest BCUT2D eigenvalue weighted by molar-refractivity contribution is 7.09. The first kappa shape index (κ1) is 11.8. The van der Waals surface area contributed by atoms with Gasteiger partial charge in [0.25, 0.3) is 0 Å². The molecule has 1 fully saturated rings. The van der Waals surface area contributed by atoms with Crippen LogP contribution in [-0.4, -0.2) is 44.9 Å². The maximum absolute atomic E-state index is 9.46. The van der Waals surface area contributed by atoms with Crippen LogP contribution in [0.2, 0.25) is 0 Å². The second-order valence-electron chi connectivity index (χ2n) is 5.19. The quantitative estimate of drug-likeness (QED) is 0.746. The molecule has 0 amide bonds. The number of nitrogens with zero attached hydrogens (tertiary/aromatic N) is 3. The fourth-order valence-corrected chi connectivity index (χ4v) is 2.45. The van der Waals surface area contributed by atoms with Crippen molar-refractivity contribution in [1.82, 2.24) is 9.36 Å². The average molecular weight is 243 g/mol. The molecule has 1 aliphatic rings. The summed E-state index contributed by atoms with van der Waals surface area (Å²) in [7, 11) is 0. The molecule has 2 N–H and O–H groups in total. The molecule has 0 aliphatic carbocycles. The summed E-state index contributed by atoms with van der Waals surface area (Å²) >= 11 is 1.32. The number of aliphatic hydroxyl groups is 2. The van der Waals surface area contributed by atoms with Crippen molar-refractivity contribution >= 4 is 16.7 Å². The summed E-state index contributed by atoms with van der Waals surface area (Å²) in [4.78, 5) is 6.32. The van der Waals surface area contributed by atoms with Gasteiger partial charge in [0.2, 0.25) is 5.13 Å². The molecule has 0 aromatic carbocycles. The van der Waals surface area contributed by atoms with Gasteiger partial charge in [-0.1, -0.05) is 20.8 Å². The zero-order valence-electron chi connectivity index (χ0n) is 9.71. The van der Waals surface area contributed by atoms with E-state index in [4.69, 9.17) is 0 Å². The average Bonchev–Trinajstić information content (AvgIpc) is 2.73. The molecule has 6 heteroatoms. The standard InChI is InChI=1S/C10H17N3O2S/c1-10(2,3)8-11-9(16-12-8)13-4-6(14)7(15)5-13/h6-7,14-15H,4-5H2,1-3H3. The Labute approximate surface area is 98.9 Å². The summed E-state index contributed by atoms with van der Waals surface area (Å²) in [6, 6.07) is 0. The monoisotopic (exact) mass is 243 g/mol. The summed E-state index contributed by atoms with van der Waals surface area (Å²) in [6.45, 7) is 7.05. The van der Waals surface area contributed by atoms with Gasteiger partial charge in [0, 0.05) is 30.0 Å². The fraction of sp³-hybridized carbons (Fsp3) is 0.800. The number of β-amino-alcohol motifs (C(OH)–C–C–N with tert-alkyl or cyclic N) is 2. The SMILES string of the molecule is CC(C)(C)c1nsc(N2CC(O)C(O)C2)n1. The lowest BCUT2D eigenvalue weighted by Gasteiger charge is -2.14. The van der Waals surface area contributed by atoms with E-state index in [1.807, 2.05) is 4.90 Å². The van der Waals surface area contributed by atoms with Gasteiger partial charge in [-0.2, -0.15) is 4.37 Å². The van der Waals surface area contributed by atoms with Gasteiger partial charge >= 0.3 is 0 Å². The van der Waals surface area contributed by atoms with Crippen molar-refractivity contribution in [2.24, 2.45) is 0 Å². The molecule has 1 aromatic rings. The molecule has 0 saturated carbocycles. The molecule has 16 heavy (non-hydrogen) atoms. The van der Waals surface area contributed by atoms with E-state index in [1.165, 1.54) is 11.5 Å². The second kappa shape index (κ2) is 3.94. The summed E-state index contributed by atoms with van der Waals surface area (Å²) in [6.07, 6.45) is -1.36. The Morgan fingerprint density at radius 2 is 1.81 bits per heavy atom. The maximum atomic E-state index is 9.46. The molecule has 1 aliphatic heterocycles. The van der Waals surface area contributed by atoms with Crippen LogP contribution in [0.1, 0.15) is 26.6 Å². The van der Waals surface area contributed by atoms with Crippen LogP contribution in [0.25, 0.3) is 0 Å². The topological polar surface area (TPSA) is 69.5 Å². The maximum Gasteiger partial charge on any atom is 0.205 e. The molecule has 1 saturated heterocycles. The lowest BCUT2D eigenvalue weighted by Crippen LogP contribution is -2.22. The summed E-state index contributed by atoms with van der Waals surface area (Å²) in [5, 5.41) is 19.7. The Morgan fingerprint density at radius 1 is 1.25 bits per heavy atom. The molecule has 90 valence electrons. The van der Waals surface area contributed by atoms with Gasteiger partial charge in [-0.05, 0) is 0 Å². The van der Waals surface area contributed by atoms with Gasteiger partial charge < -0.3 is 15.1 Å². The van der Waals surface area contributed by atoms with E-state index in [2.05, 4.69) is 30.1 Å². The highest BCUT2D eigenvalue weighted by Crippen LogP contribution is 2.27. The number of aliphatic hydroxyl groups excluding tert-OH is 2. The third-order valence-corrected chi connectivity index (χ3v) is 3.39. The van der Waals surface area contributed by atoms with Crippen molar-refractivity contribution in [2.45, 2.75) is 38.4 Å². The molecule has 2 heterocycles. The van der Waals surface area contributed by atoms with Crippen LogP contribution in [0.3, 0.4) is 0 Å². The normalized spacial score (nSPS) is 26.4. The van der Waals surface area contributed by atoms with E-state index < -0.39 is 12.2 Å². The Kier molecular flexibility index (Phi) is 2.90. The van der Waals surface area contributed by atoms with E-state index in [1.54, 1.807) is 0 Å². The Hall–Kier alpha value is -0.720. The largest absolute Gasteiger partial charge is 0.389 e. The Balaban J connectivity index is 2.14. The molecule has 1 aromatic heterocycles. The van der Waals surface area contributed by atoms with E-state index in [9.17, 15) is 10.2 Å². The van der Waals surface area contributed by atoms with Gasteiger partial charge in [-0.15, -0.1) is 0 Å². The van der Waals surface area contributed by atoms with E-state index in [0.717, 1.165) is 11.0 Å². The summed E-state index contributed by atoms with van der Waals surface area (Å²) in [5.41, 5.74) is -0.0638. The molecular weight excluding hydrogens is 226 g/mol. The number of aromatic nitrogens is 2. The number of rotatable bonds is 1. The van der Waals surface area contributed by atoms with Crippen molar-refractivity contribution in [1.29, 1.82) is 0 Å². The fourth-order valence-electron chi connectivity index (χ4n) is 1.57. The van der Waals surface area contributed by atoms with Crippen molar-refractivity contribution in [3.05, 3.63) is 5.82 Å². The van der Waals surface area contributed by atoms with Crippen LogP contribution in [0.5, 0.6) is 0 Å². The van der Waals surface area contributed by atoms with E-state index >= 15 is 0 Å². The smallest absolute Gasteiger partial charge is 0.205 e. The molecule has 2 rings (SSSR count). The predicted octanol–water partition coefficient (Wildman–Crippen LogP) is 0.377. The highest BCUT2D eigenvalue weighted by atomic mass is 32.1. The van der Waals surface area contributed by atoms with Crippen LogP contribution in [0.15, 0.2) is 0 Å². The van der Waals surface area contributed by atoms with Crippen LogP contribution in [0, 0.1) is 0 Å². The van der Waals surface area contributed by atoms with Gasteiger partial charge in [-0.25, -0.2) is 4.98 Å². The lowest BCUT2D eigenvalue weighted by atomic mass is 9.96. The molecule has 2 atom stereocenters. The van der Waals surface area contributed by atoms with Crippen molar-refractivity contribution in [2.75, 3.05) is 18.0 Å². The lowest BCUT2D eigenvalue weighted by molar-refractivity contribution is 0.0572. The van der Waals surface area contributed by atoms with E-state index in [-0.39, 0.29) is 5.41 Å². The predicted molar refractivity (Wildman–Crippen MR) is 62.8 cm³/mol. The first-order valence-corrected chi connectivity index (χ1v) is 6.10. The summed E-state index contributed by atoms with van der Waals surface area (Å²) in [5.74, 6) is 0.809. The minimum absolute atomic E-state index is 0.0638. The first-order chi connectivity index (χ1) is 7.38. The number of hydrogen-bond donors (Lipinski definition) is 2. The Bertz CT molecular complexity index is 364. The molecular formula is C10H17N3O2S. The van der Waals surface area contributed by atoms with Crippen LogP contribution in [0.4, 0.5) is 5.13 Å². The van der Waals surface area contributed by atoms with Crippen LogP contribution in [-0.2, 0) is 5.41 Å². The number of hydrogen-bond acceptors (Lipinski definition) is 6. The Morgan fingerprint density at radius 3 is 2.25 bits per heavy atom. The van der Waals surface area contributed by atoms with Crippen molar-refractivity contribution < 1.29 is 10.2 Å². The van der Waals surface area contributed by atoms with Crippen molar-refractivity contribution in [3.63, 3.8) is 0 Å². The molecule has 2 unspecified atom stereocenters. The molecule has 0 radical (unpaired) electrons. The van der Waals surface area contributed by atoms with Gasteiger partial charge in [0.1, 0.15) is 5.82 Å². The molecule has 0 spiro atoms. The second-order valence-corrected chi connectivity index (χ2v) is 5.92. The number of anilines is 1. The zero-order chi connectivity index (χ0) is 11.9. The molecule has 5 nitrogen and oxygen atoms in total. The third kappa shape index (κ3) is 2.18. The van der Waals surface area contributed by atoms with Gasteiger partial charge in [-0.3, -0.25) is 0 Å². The summed E-state index contributed by atoms with van der Waals surface area (Å²) < 4.78 is 4.31. The first-order valence-electron chi connectivity index (χ1n) is 5.33. The van der Waals surface area contributed by atoms with Crippen LogP contribution >= 0.6 is 11.5 Å². The third-order valence-electron chi connectivity index (χ3n) is 2.62.